The molecule has 0 saturated carbocycles. The van der Waals surface area contributed by atoms with E-state index >= 15 is 0 Å². The highest BCUT2D eigenvalue weighted by molar-refractivity contribution is 7.86. The van der Waals surface area contributed by atoms with Gasteiger partial charge < -0.3 is 5.32 Å². The van der Waals surface area contributed by atoms with Crippen molar-refractivity contribution in [3.63, 3.8) is 0 Å². The molecule has 0 spiro atoms. The van der Waals surface area contributed by atoms with Gasteiger partial charge in [-0.05, 0) is 24.6 Å². The SMILES string of the molecule is Cc1ccc(Nc2n[c]nc(F)n2)c(S(=O)(=O)O)c1. The predicted octanol–water partition coefficient (Wildman–Crippen LogP) is 1.11. The van der Waals surface area contributed by atoms with Crippen LogP contribution in [0.2, 0.25) is 0 Å². The fourth-order valence-corrected chi connectivity index (χ4v) is 2.11. The molecule has 1 aromatic carbocycles. The highest BCUT2D eigenvalue weighted by atomic mass is 32.2. The number of nitrogens with zero attached hydrogens (tertiary/aromatic N) is 3. The van der Waals surface area contributed by atoms with E-state index in [9.17, 15) is 12.8 Å². The molecule has 0 aliphatic carbocycles. The maximum absolute atomic E-state index is 12.8. The molecule has 0 atom stereocenters. The van der Waals surface area contributed by atoms with E-state index in [0.717, 1.165) is 0 Å². The van der Waals surface area contributed by atoms with Crippen molar-refractivity contribution in [1.82, 2.24) is 15.0 Å². The summed E-state index contributed by atoms with van der Waals surface area (Å²) in [5.41, 5.74) is 0.652. The van der Waals surface area contributed by atoms with Crippen LogP contribution in [0.15, 0.2) is 23.1 Å². The van der Waals surface area contributed by atoms with Crippen LogP contribution in [0.4, 0.5) is 16.0 Å². The van der Waals surface area contributed by atoms with E-state index in [-0.39, 0.29) is 16.5 Å². The molecule has 99 valence electrons. The summed E-state index contributed by atoms with van der Waals surface area (Å²) >= 11 is 0. The van der Waals surface area contributed by atoms with Gasteiger partial charge in [0.05, 0.1) is 5.69 Å². The molecule has 0 amide bonds. The third-order valence-corrected chi connectivity index (χ3v) is 3.05. The van der Waals surface area contributed by atoms with E-state index in [2.05, 4.69) is 20.3 Å². The third kappa shape index (κ3) is 3.20. The van der Waals surface area contributed by atoms with E-state index in [1.165, 1.54) is 12.1 Å². The molecule has 0 bridgehead atoms. The molecule has 1 aromatic heterocycles. The van der Waals surface area contributed by atoms with Gasteiger partial charge in [-0.3, -0.25) is 4.55 Å². The van der Waals surface area contributed by atoms with Crippen molar-refractivity contribution in [3.8, 4) is 0 Å². The summed E-state index contributed by atoms with van der Waals surface area (Å²) in [6.45, 7) is 1.66. The Kier molecular flexibility index (Phi) is 3.40. The lowest BCUT2D eigenvalue weighted by Crippen LogP contribution is -2.06. The highest BCUT2D eigenvalue weighted by Crippen LogP contribution is 2.24. The Morgan fingerprint density at radius 1 is 1.37 bits per heavy atom. The van der Waals surface area contributed by atoms with Gasteiger partial charge in [0.15, 0.2) is 0 Å². The van der Waals surface area contributed by atoms with Crippen molar-refractivity contribution in [1.29, 1.82) is 0 Å². The molecule has 2 N–H and O–H groups in total. The molecule has 1 radical (unpaired) electrons. The third-order valence-electron chi connectivity index (χ3n) is 2.16. The smallest absolute Gasteiger partial charge is 0.314 e. The monoisotopic (exact) mass is 283 g/mol. The van der Waals surface area contributed by atoms with Gasteiger partial charge in [0.2, 0.25) is 12.3 Å². The number of nitrogens with one attached hydrogen (secondary N) is 1. The Hall–Kier alpha value is -2.13. The summed E-state index contributed by atoms with van der Waals surface area (Å²) in [4.78, 5) is 9.50. The summed E-state index contributed by atoms with van der Waals surface area (Å²) in [6, 6.07) is 4.28. The molecular weight excluding hydrogens is 275 g/mol. The molecule has 0 aliphatic heterocycles. The molecule has 0 unspecified atom stereocenters. The average molecular weight is 283 g/mol. The molecule has 0 saturated heterocycles. The first-order valence-electron chi connectivity index (χ1n) is 4.99. The molecule has 1 heterocycles. The van der Waals surface area contributed by atoms with Gasteiger partial charge in [-0.25, -0.2) is 0 Å². The van der Waals surface area contributed by atoms with Crippen LogP contribution in [0.1, 0.15) is 5.56 Å². The molecule has 0 fully saturated rings. The fourth-order valence-electron chi connectivity index (χ4n) is 1.37. The summed E-state index contributed by atoms with van der Waals surface area (Å²) in [5, 5.41) is 2.47. The first-order valence-corrected chi connectivity index (χ1v) is 6.43. The summed E-state index contributed by atoms with van der Waals surface area (Å²) in [7, 11) is -4.42. The van der Waals surface area contributed by atoms with E-state index in [1.807, 2.05) is 6.33 Å². The number of hydrogen-bond acceptors (Lipinski definition) is 6. The highest BCUT2D eigenvalue weighted by Gasteiger charge is 2.16. The van der Waals surface area contributed by atoms with Crippen molar-refractivity contribution in [3.05, 3.63) is 36.2 Å². The van der Waals surface area contributed by atoms with E-state index in [0.29, 0.717) is 5.56 Å². The van der Waals surface area contributed by atoms with Gasteiger partial charge in [-0.2, -0.15) is 27.8 Å². The lowest BCUT2D eigenvalue weighted by molar-refractivity contribution is 0.483. The molecular formula is C10H8FN4O3S. The van der Waals surface area contributed by atoms with Crippen LogP contribution in [0.5, 0.6) is 0 Å². The van der Waals surface area contributed by atoms with Crippen molar-refractivity contribution in [2.24, 2.45) is 0 Å². The summed E-state index contributed by atoms with van der Waals surface area (Å²) < 4.78 is 44.4. The average Bonchev–Trinajstić information content (AvgIpc) is 2.30. The van der Waals surface area contributed by atoms with Gasteiger partial charge in [-0.1, -0.05) is 6.07 Å². The van der Waals surface area contributed by atoms with Crippen molar-refractivity contribution < 1.29 is 17.4 Å². The zero-order chi connectivity index (χ0) is 14.0. The Labute approximate surface area is 108 Å². The standard InChI is InChI=1S/C10H8FN4O3S/c1-6-2-3-7(8(4-6)19(16,17)18)14-10-13-5-12-9(11)15-10/h2-4H,1H3,(H,16,17,18)(H,12,13,14,15). The quantitative estimate of drug-likeness (QED) is 0.813. The largest absolute Gasteiger partial charge is 0.323 e. The van der Waals surface area contributed by atoms with Crippen molar-refractivity contribution >= 4 is 21.8 Å². The Morgan fingerprint density at radius 2 is 2.11 bits per heavy atom. The van der Waals surface area contributed by atoms with Crippen LogP contribution in [0.3, 0.4) is 0 Å². The fraction of sp³-hybridized carbons (Fsp3) is 0.100. The normalized spacial score (nSPS) is 11.3. The van der Waals surface area contributed by atoms with E-state index < -0.39 is 16.2 Å². The minimum Gasteiger partial charge on any atom is -0.323 e. The maximum Gasteiger partial charge on any atom is 0.314 e. The lowest BCUT2D eigenvalue weighted by atomic mass is 10.2. The Balaban J connectivity index is 2.46. The second-order valence-electron chi connectivity index (χ2n) is 3.63. The first-order chi connectivity index (χ1) is 8.86. The molecule has 9 heteroatoms. The second-order valence-corrected chi connectivity index (χ2v) is 5.02. The number of halogens is 1. The predicted molar refractivity (Wildman–Crippen MR) is 62.9 cm³/mol. The summed E-state index contributed by atoms with van der Waals surface area (Å²) in [5.74, 6) is -0.221. The number of benzene rings is 1. The molecule has 0 aliphatic rings. The molecule has 19 heavy (non-hydrogen) atoms. The Morgan fingerprint density at radius 3 is 2.74 bits per heavy atom. The minimum atomic E-state index is -4.42. The van der Waals surface area contributed by atoms with Gasteiger partial charge in [0, 0.05) is 0 Å². The Bertz CT molecular complexity index is 720. The van der Waals surface area contributed by atoms with Crippen molar-refractivity contribution in [2.75, 3.05) is 5.32 Å². The van der Waals surface area contributed by atoms with Gasteiger partial charge in [0.25, 0.3) is 10.1 Å². The number of anilines is 2. The molecule has 2 rings (SSSR count). The van der Waals surface area contributed by atoms with Crippen LogP contribution < -0.4 is 5.32 Å². The first kappa shape index (κ1) is 13.3. The molecule has 7 nitrogen and oxygen atoms in total. The van der Waals surface area contributed by atoms with Crippen LogP contribution in [0.25, 0.3) is 0 Å². The zero-order valence-corrected chi connectivity index (χ0v) is 10.4. The van der Waals surface area contributed by atoms with E-state index in [1.54, 1.807) is 13.0 Å². The zero-order valence-electron chi connectivity index (χ0n) is 9.62. The summed E-state index contributed by atoms with van der Waals surface area (Å²) in [6.07, 6.45) is 0.950. The number of rotatable bonds is 3. The topological polar surface area (TPSA) is 105 Å². The number of hydrogen-bond donors (Lipinski definition) is 2. The van der Waals surface area contributed by atoms with E-state index in [4.69, 9.17) is 4.55 Å². The van der Waals surface area contributed by atoms with Crippen LogP contribution in [-0.4, -0.2) is 27.9 Å². The maximum atomic E-state index is 12.8. The van der Waals surface area contributed by atoms with Gasteiger partial charge in [0.1, 0.15) is 4.90 Å². The minimum absolute atomic E-state index is 0.0205. The van der Waals surface area contributed by atoms with Crippen LogP contribution in [-0.2, 0) is 10.1 Å². The van der Waals surface area contributed by atoms with Gasteiger partial charge >= 0.3 is 6.08 Å². The van der Waals surface area contributed by atoms with Gasteiger partial charge in [-0.15, -0.1) is 0 Å². The number of aryl methyl sites for hydroxylation is 1. The van der Waals surface area contributed by atoms with Crippen LogP contribution >= 0.6 is 0 Å². The molecule has 2 aromatic rings. The number of aromatic nitrogens is 3. The second kappa shape index (κ2) is 4.86. The van der Waals surface area contributed by atoms with Crippen molar-refractivity contribution in [2.45, 2.75) is 11.8 Å². The lowest BCUT2D eigenvalue weighted by Gasteiger charge is -2.09. The van der Waals surface area contributed by atoms with Crippen LogP contribution in [0, 0.1) is 19.3 Å².